The van der Waals surface area contributed by atoms with Crippen molar-refractivity contribution in [3.63, 3.8) is 0 Å². The molecule has 0 aliphatic carbocycles. The lowest BCUT2D eigenvalue weighted by Crippen LogP contribution is -2.26. The Balaban J connectivity index is 1.91. The van der Waals surface area contributed by atoms with E-state index in [9.17, 15) is 14.0 Å². The predicted octanol–water partition coefficient (Wildman–Crippen LogP) is 3.44. The maximum absolute atomic E-state index is 13.7. The third-order valence-corrected chi connectivity index (χ3v) is 3.87. The van der Waals surface area contributed by atoms with Gasteiger partial charge in [0.15, 0.2) is 0 Å². The quantitative estimate of drug-likeness (QED) is 0.940. The molecule has 1 aliphatic heterocycles. The summed E-state index contributed by atoms with van der Waals surface area (Å²) in [5.41, 5.74) is 1.65. The number of benzene rings is 2. The van der Waals surface area contributed by atoms with Crippen LogP contribution >= 0.6 is 0 Å². The van der Waals surface area contributed by atoms with Gasteiger partial charge in [-0.3, -0.25) is 9.59 Å². The van der Waals surface area contributed by atoms with Gasteiger partial charge in [-0.1, -0.05) is 31.2 Å². The monoisotopic (exact) mass is 312 g/mol. The first-order chi connectivity index (χ1) is 11.1. The molecular weight excluding hydrogens is 295 g/mol. The zero-order chi connectivity index (χ0) is 16.4. The van der Waals surface area contributed by atoms with Crippen molar-refractivity contribution in [2.75, 3.05) is 11.9 Å². The molecule has 0 unspecified atom stereocenters. The zero-order valence-electron chi connectivity index (χ0n) is 12.8. The number of amides is 2. The van der Waals surface area contributed by atoms with E-state index in [1.807, 2.05) is 13.0 Å². The highest BCUT2D eigenvalue weighted by molar-refractivity contribution is 6.13. The first-order valence-electron chi connectivity index (χ1n) is 7.59. The number of nitrogens with one attached hydrogen (secondary N) is 1. The molecule has 1 heterocycles. The number of para-hydroxylation sites is 1. The molecule has 23 heavy (non-hydrogen) atoms. The topological polar surface area (TPSA) is 49.4 Å². The van der Waals surface area contributed by atoms with Crippen LogP contribution in [0.4, 0.5) is 10.1 Å². The second kappa shape index (κ2) is 6.20. The van der Waals surface area contributed by atoms with Crippen LogP contribution in [0.5, 0.6) is 0 Å². The number of carbonyl (C=O) groups excluding carboxylic acids is 2. The number of hydrogen-bond acceptors (Lipinski definition) is 2. The Morgan fingerprint density at radius 1 is 1.22 bits per heavy atom. The van der Waals surface area contributed by atoms with Crippen molar-refractivity contribution in [2.24, 2.45) is 0 Å². The maximum atomic E-state index is 13.7. The second-order valence-electron chi connectivity index (χ2n) is 5.50. The standard InChI is InChI=1S/C18H17FN2O2/c1-2-10-21-11-12-6-5-7-13(16(12)18(21)23)17(22)20-15-9-4-3-8-14(15)19/h3-9H,2,10-11H2,1H3,(H,20,22). The molecule has 3 rings (SSSR count). The Morgan fingerprint density at radius 2 is 2.00 bits per heavy atom. The van der Waals surface area contributed by atoms with Crippen LogP contribution in [0.25, 0.3) is 0 Å². The molecule has 1 aliphatic rings. The van der Waals surface area contributed by atoms with E-state index in [0.717, 1.165) is 12.0 Å². The van der Waals surface area contributed by atoms with Gasteiger partial charge in [0.2, 0.25) is 0 Å². The molecule has 2 amide bonds. The van der Waals surface area contributed by atoms with Crippen LogP contribution in [-0.4, -0.2) is 23.3 Å². The number of rotatable bonds is 4. The van der Waals surface area contributed by atoms with Crippen LogP contribution in [0, 0.1) is 5.82 Å². The van der Waals surface area contributed by atoms with E-state index in [0.29, 0.717) is 18.7 Å². The molecular formula is C18H17FN2O2. The van der Waals surface area contributed by atoms with Crippen molar-refractivity contribution in [3.8, 4) is 0 Å². The fourth-order valence-corrected chi connectivity index (χ4v) is 2.81. The molecule has 4 nitrogen and oxygen atoms in total. The number of nitrogens with zero attached hydrogens (tertiary/aromatic N) is 1. The van der Waals surface area contributed by atoms with Gasteiger partial charge in [-0.25, -0.2) is 4.39 Å². The fourth-order valence-electron chi connectivity index (χ4n) is 2.81. The third kappa shape index (κ3) is 2.82. The average molecular weight is 312 g/mol. The number of fused-ring (bicyclic) bond motifs is 1. The van der Waals surface area contributed by atoms with Crippen molar-refractivity contribution in [1.29, 1.82) is 0 Å². The van der Waals surface area contributed by atoms with Crippen molar-refractivity contribution in [2.45, 2.75) is 19.9 Å². The van der Waals surface area contributed by atoms with Gasteiger partial charge in [-0.05, 0) is 30.2 Å². The van der Waals surface area contributed by atoms with E-state index in [1.54, 1.807) is 29.2 Å². The maximum Gasteiger partial charge on any atom is 0.256 e. The molecule has 2 aromatic rings. The Morgan fingerprint density at radius 3 is 2.74 bits per heavy atom. The lowest BCUT2D eigenvalue weighted by molar-refractivity contribution is 0.0774. The lowest BCUT2D eigenvalue weighted by atomic mass is 10.0. The van der Waals surface area contributed by atoms with E-state index in [2.05, 4.69) is 5.32 Å². The minimum atomic E-state index is -0.507. The molecule has 0 atom stereocenters. The summed E-state index contributed by atoms with van der Waals surface area (Å²) < 4.78 is 13.7. The van der Waals surface area contributed by atoms with Crippen LogP contribution in [0.15, 0.2) is 42.5 Å². The molecule has 5 heteroatoms. The van der Waals surface area contributed by atoms with E-state index in [4.69, 9.17) is 0 Å². The average Bonchev–Trinajstić information content (AvgIpc) is 2.86. The normalized spacial score (nSPS) is 13.1. The first kappa shape index (κ1) is 15.2. The van der Waals surface area contributed by atoms with Gasteiger partial charge in [-0.2, -0.15) is 0 Å². The van der Waals surface area contributed by atoms with Crippen molar-refractivity contribution in [3.05, 3.63) is 65.0 Å². The van der Waals surface area contributed by atoms with Gasteiger partial charge >= 0.3 is 0 Å². The van der Waals surface area contributed by atoms with Crippen LogP contribution in [0.2, 0.25) is 0 Å². The minimum Gasteiger partial charge on any atom is -0.334 e. The molecule has 0 radical (unpaired) electrons. The molecule has 118 valence electrons. The van der Waals surface area contributed by atoms with Gasteiger partial charge in [0.1, 0.15) is 5.82 Å². The summed E-state index contributed by atoms with van der Waals surface area (Å²) >= 11 is 0. The van der Waals surface area contributed by atoms with Gasteiger partial charge in [0.05, 0.1) is 16.8 Å². The number of anilines is 1. The third-order valence-electron chi connectivity index (χ3n) is 3.87. The molecule has 0 fully saturated rings. The van der Waals surface area contributed by atoms with Crippen LogP contribution in [0.1, 0.15) is 39.6 Å². The van der Waals surface area contributed by atoms with Crippen LogP contribution < -0.4 is 5.32 Å². The summed E-state index contributed by atoms with van der Waals surface area (Å²) in [7, 11) is 0. The molecule has 1 N–H and O–H groups in total. The van der Waals surface area contributed by atoms with E-state index in [1.165, 1.54) is 12.1 Å². The summed E-state index contributed by atoms with van der Waals surface area (Å²) in [5.74, 6) is -1.12. The Hall–Kier alpha value is -2.69. The van der Waals surface area contributed by atoms with Crippen molar-refractivity contribution >= 4 is 17.5 Å². The Labute approximate surface area is 133 Å². The molecule has 0 bridgehead atoms. The fraction of sp³-hybridized carbons (Fsp3) is 0.222. The highest BCUT2D eigenvalue weighted by atomic mass is 19.1. The minimum absolute atomic E-state index is 0.103. The summed E-state index contributed by atoms with van der Waals surface area (Å²) in [4.78, 5) is 26.7. The van der Waals surface area contributed by atoms with E-state index in [-0.39, 0.29) is 17.2 Å². The Kier molecular flexibility index (Phi) is 4.10. The summed E-state index contributed by atoms with van der Waals surface area (Å²) in [6.45, 7) is 3.17. The summed E-state index contributed by atoms with van der Waals surface area (Å²) in [6.07, 6.45) is 0.858. The lowest BCUT2D eigenvalue weighted by Gasteiger charge is -2.14. The number of halogens is 1. The van der Waals surface area contributed by atoms with E-state index < -0.39 is 11.7 Å². The molecule has 0 spiro atoms. The number of hydrogen-bond donors (Lipinski definition) is 1. The van der Waals surface area contributed by atoms with Crippen molar-refractivity contribution < 1.29 is 14.0 Å². The molecule has 0 saturated heterocycles. The summed E-state index contributed by atoms with van der Waals surface area (Å²) in [6, 6.07) is 11.2. The highest BCUT2D eigenvalue weighted by Gasteiger charge is 2.31. The van der Waals surface area contributed by atoms with Gasteiger partial charge in [0.25, 0.3) is 11.8 Å². The van der Waals surface area contributed by atoms with Crippen LogP contribution in [0.3, 0.4) is 0 Å². The van der Waals surface area contributed by atoms with Crippen molar-refractivity contribution in [1.82, 2.24) is 4.90 Å². The van der Waals surface area contributed by atoms with Crippen LogP contribution in [-0.2, 0) is 6.54 Å². The molecule has 2 aromatic carbocycles. The smallest absolute Gasteiger partial charge is 0.256 e. The van der Waals surface area contributed by atoms with Gasteiger partial charge in [-0.15, -0.1) is 0 Å². The highest BCUT2D eigenvalue weighted by Crippen LogP contribution is 2.27. The molecule has 0 saturated carbocycles. The first-order valence-corrected chi connectivity index (χ1v) is 7.59. The molecule has 0 aromatic heterocycles. The zero-order valence-corrected chi connectivity index (χ0v) is 12.8. The van der Waals surface area contributed by atoms with Gasteiger partial charge in [0, 0.05) is 13.1 Å². The van der Waals surface area contributed by atoms with Gasteiger partial charge < -0.3 is 10.2 Å². The van der Waals surface area contributed by atoms with E-state index >= 15 is 0 Å². The Bertz CT molecular complexity index is 773. The SMILES string of the molecule is CCCN1Cc2cccc(C(=O)Nc3ccccc3F)c2C1=O. The predicted molar refractivity (Wildman–Crippen MR) is 85.8 cm³/mol. The number of carbonyl (C=O) groups is 2. The summed E-state index contributed by atoms with van der Waals surface area (Å²) in [5, 5.41) is 2.54. The second-order valence-corrected chi connectivity index (χ2v) is 5.50. The largest absolute Gasteiger partial charge is 0.334 e.